The second kappa shape index (κ2) is 7.74. The number of aliphatic carboxylic acids is 1. The molecule has 3 heteroatoms. The molecule has 0 bridgehead atoms. The maximum Gasteiger partial charge on any atom is 0.310 e. The van der Waals surface area contributed by atoms with E-state index in [2.05, 4.69) is 13.8 Å². The van der Waals surface area contributed by atoms with Crippen molar-refractivity contribution in [3.8, 4) is 0 Å². The summed E-state index contributed by atoms with van der Waals surface area (Å²) in [6, 6.07) is 9.58. The Morgan fingerprint density at radius 1 is 1.26 bits per heavy atom. The van der Waals surface area contributed by atoms with Crippen LogP contribution in [0.25, 0.3) is 0 Å². The van der Waals surface area contributed by atoms with Gasteiger partial charge < -0.3 is 10.8 Å². The first kappa shape index (κ1) is 15.4. The molecular formula is C16H23NO2. The summed E-state index contributed by atoms with van der Waals surface area (Å²) < 4.78 is 0. The zero-order valence-corrected chi connectivity index (χ0v) is 11.6. The van der Waals surface area contributed by atoms with Gasteiger partial charge in [-0.15, -0.1) is 0 Å². The lowest BCUT2D eigenvalue weighted by molar-refractivity contribution is -0.140. The normalized spacial score (nSPS) is 14.7. The highest BCUT2D eigenvalue weighted by Gasteiger charge is 2.15. The number of nitrogens with two attached hydrogens (primary N) is 1. The minimum absolute atomic E-state index is 0.0716. The summed E-state index contributed by atoms with van der Waals surface area (Å²) in [7, 11) is 0. The van der Waals surface area contributed by atoms with E-state index in [1.165, 1.54) is 0 Å². The Kier molecular flexibility index (Phi) is 6.30. The van der Waals surface area contributed by atoms with Crippen molar-refractivity contribution in [2.24, 2.45) is 17.6 Å². The lowest BCUT2D eigenvalue weighted by Gasteiger charge is -2.11. The van der Waals surface area contributed by atoms with Crippen molar-refractivity contribution in [2.45, 2.75) is 32.7 Å². The fourth-order valence-corrected chi connectivity index (χ4v) is 2.01. The lowest BCUT2D eigenvalue weighted by Crippen LogP contribution is -2.21. The van der Waals surface area contributed by atoms with E-state index in [1.807, 2.05) is 36.4 Å². The van der Waals surface area contributed by atoms with Gasteiger partial charge in [-0.2, -0.15) is 0 Å². The van der Waals surface area contributed by atoms with Crippen molar-refractivity contribution >= 4 is 5.97 Å². The van der Waals surface area contributed by atoms with E-state index in [1.54, 1.807) is 6.08 Å². The second-order valence-corrected chi connectivity index (χ2v) is 5.31. The molecule has 0 aliphatic rings. The molecule has 1 rings (SSSR count). The minimum atomic E-state index is -0.808. The van der Waals surface area contributed by atoms with Gasteiger partial charge in [0.1, 0.15) is 0 Å². The van der Waals surface area contributed by atoms with E-state index < -0.39 is 11.9 Å². The first-order valence-corrected chi connectivity index (χ1v) is 6.69. The van der Waals surface area contributed by atoms with E-state index in [0.29, 0.717) is 12.3 Å². The van der Waals surface area contributed by atoms with Crippen molar-refractivity contribution in [1.29, 1.82) is 0 Å². The SMILES string of the molecule is CC(C)C[C@H](N)/C=C/[C@H](Cc1ccccc1)C(=O)O. The third-order valence-corrected chi connectivity index (χ3v) is 2.95. The maximum absolute atomic E-state index is 11.2. The van der Waals surface area contributed by atoms with Crippen molar-refractivity contribution < 1.29 is 9.90 Å². The highest BCUT2D eigenvalue weighted by Crippen LogP contribution is 2.12. The number of hydrogen-bond acceptors (Lipinski definition) is 2. The molecular weight excluding hydrogens is 238 g/mol. The van der Waals surface area contributed by atoms with Crippen LogP contribution in [0.4, 0.5) is 0 Å². The number of benzene rings is 1. The summed E-state index contributed by atoms with van der Waals surface area (Å²) in [5.74, 6) is -0.811. The van der Waals surface area contributed by atoms with Gasteiger partial charge >= 0.3 is 5.97 Å². The molecule has 0 fully saturated rings. The smallest absolute Gasteiger partial charge is 0.310 e. The van der Waals surface area contributed by atoms with Crippen LogP contribution in [0, 0.1) is 11.8 Å². The molecule has 0 radical (unpaired) electrons. The summed E-state index contributed by atoms with van der Waals surface area (Å²) >= 11 is 0. The molecule has 0 amide bonds. The molecule has 0 aliphatic heterocycles. The molecule has 0 unspecified atom stereocenters. The molecule has 2 atom stereocenters. The molecule has 1 aromatic rings. The number of carboxylic acids is 1. The van der Waals surface area contributed by atoms with Crippen LogP contribution in [0.2, 0.25) is 0 Å². The van der Waals surface area contributed by atoms with Gasteiger partial charge in [0.2, 0.25) is 0 Å². The summed E-state index contributed by atoms with van der Waals surface area (Å²) in [4.78, 5) is 11.2. The zero-order valence-electron chi connectivity index (χ0n) is 11.6. The summed E-state index contributed by atoms with van der Waals surface area (Å²) in [5.41, 5.74) is 6.96. The van der Waals surface area contributed by atoms with Crippen molar-refractivity contribution in [3.63, 3.8) is 0 Å². The minimum Gasteiger partial charge on any atom is -0.481 e. The van der Waals surface area contributed by atoms with Crippen LogP contribution in [0.1, 0.15) is 25.8 Å². The van der Waals surface area contributed by atoms with E-state index in [4.69, 9.17) is 5.73 Å². The zero-order chi connectivity index (χ0) is 14.3. The number of rotatable bonds is 7. The summed E-state index contributed by atoms with van der Waals surface area (Å²) in [6.07, 6.45) is 4.92. The third-order valence-electron chi connectivity index (χ3n) is 2.95. The van der Waals surface area contributed by atoms with Crippen molar-refractivity contribution in [3.05, 3.63) is 48.0 Å². The van der Waals surface area contributed by atoms with Gasteiger partial charge in [0.15, 0.2) is 0 Å². The molecule has 1 aromatic carbocycles. The highest BCUT2D eigenvalue weighted by atomic mass is 16.4. The Morgan fingerprint density at radius 2 is 1.89 bits per heavy atom. The first-order chi connectivity index (χ1) is 8.99. The third kappa shape index (κ3) is 6.20. The van der Waals surface area contributed by atoms with Crippen LogP contribution in [0.3, 0.4) is 0 Å². The van der Waals surface area contributed by atoms with Crippen LogP contribution in [-0.4, -0.2) is 17.1 Å². The van der Waals surface area contributed by atoms with Gasteiger partial charge in [0, 0.05) is 6.04 Å². The quantitative estimate of drug-likeness (QED) is 0.742. The Balaban J connectivity index is 2.63. The number of carbonyl (C=O) groups is 1. The van der Waals surface area contributed by atoms with Gasteiger partial charge in [-0.3, -0.25) is 4.79 Å². The number of carboxylic acid groups (broad SMARTS) is 1. The van der Waals surface area contributed by atoms with Gasteiger partial charge in [-0.1, -0.05) is 56.3 Å². The Morgan fingerprint density at radius 3 is 2.42 bits per heavy atom. The van der Waals surface area contributed by atoms with Gasteiger partial charge in [0.25, 0.3) is 0 Å². The maximum atomic E-state index is 11.2. The Hall–Kier alpha value is -1.61. The second-order valence-electron chi connectivity index (χ2n) is 5.31. The molecule has 0 aromatic heterocycles. The van der Waals surface area contributed by atoms with E-state index in [0.717, 1.165) is 12.0 Å². The summed E-state index contributed by atoms with van der Waals surface area (Å²) in [6.45, 7) is 4.21. The lowest BCUT2D eigenvalue weighted by atomic mass is 9.97. The molecule has 0 heterocycles. The van der Waals surface area contributed by atoms with Crippen LogP contribution < -0.4 is 5.73 Å². The van der Waals surface area contributed by atoms with E-state index in [9.17, 15) is 9.90 Å². The fourth-order valence-electron chi connectivity index (χ4n) is 2.01. The average molecular weight is 261 g/mol. The number of hydrogen-bond donors (Lipinski definition) is 2. The first-order valence-electron chi connectivity index (χ1n) is 6.69. The van der Waals surface area contributed by atoms with E-state index >= 15 is 0 Å². The predicted molar refractivity (Wildman–Crippen MR) is 77.8 cm³/mol. The topological polar surface area (TPSA) is 63.3 Å². The predicted octanol–water partition coefficient (Wildman–Crippen LogP) is 2.86. The van der Waals surface area contributed by atoms with Crippen LogP contribution in [0.15, 0.2) is 42.5 Å². The molecule has 3 nitrogen and oxygen atoms in total. The van der Waals surface area contributed by atoms with Crippen molar-refractivity contribution in [1.82, 2.24) is 0 Å². The molecule has 0 saturated carbocycles. The molecule has 0 spiro atoms. The molecule has 19 heavy (non-hydrogen) atoms. The van der Waals surface area contributed by atoms with Gasteiger partial charge in [0.05, 0.1) is 5.92 Å². The Bertz CT molecular complexity index is 412. The van der Waals surface area contributed by atoms with Crippen LogP contribution >= 0.6 is 0 Å². The largest absolute Gasteiger partial charge is 0.481 e. The molecule has 3 N–H and O–H groups in total. The van der Waals surface area contributed by atoms with Gasteiger partial charge in [-0.25, -0.2) is 0 Å². The highest BCUT2D eigenvalue weighted by molar-refractivity contribution is 5.72. The van der Waals surface area contributed by atoms with Crippen LogP contribution in [-0.2, 0) is 11.2 Å². The molecule has 0 aliphatic carbocycles. The monoisotopic (exact) mass is 261 g/mol. The van der Waals surface area contributed by atoms with Gasteiger partial charge in [-0.05, 0) is 24.3 Å². The fraction of sp³-hybridized carbons (Fsp3) is 0.438. The summed E-state index contributed by atoms with van der Waals surface area (Å²) in [5, 5.41) is 9.24. The van der Waals surface area contributed by atoms with E-state index in [-0.39, 0.29) is 6.04 Å². The van der Waals surface area contributed by atoms with Crippen molar-refractivity contribution in [2.75, 3.05) is 0 Å². The standard InChI is InChI=1S/C16H23NO2/c1-12(2)10-15(17)9-8-14(16(18)19)11-13-6-4-3-5-7-13/h3-9,12,14-15H,10-11,17H2,1-2H3,(H,18,19)/b9-8+/t14-,15-/m1/s1. The molecule has 0 saturated heterocycles. The van der Waals surface area contributed by atoms with Crippen LogP contribution in [0.5, 0.6) is 0 Å². The molecule has 104 valence electrons. The Labute approximate surface area is 115 Å². The average Bonchev–Trinajstić information content (AvgIpc) is 2.34.